The van der Waals surface area contributed by atoms with Gasteiger partial charge in [0.15, 0.2) is 0 Å². The predicted molar refractivity (Wildman–Crippen MR) is 112 cm³/mol. The normalized spacial score (nSPS) is 10.1. The Morgan fingerprint density at radius 3 is 1.46 bits per heavy atom. The fraction of sp³-hybridized carbons (Fsp3) is 0. The molecule has 0 fully saturated rings. The number of nitriles is 2. The van der Waals surface area contributed by atoms with E-state index in [1.807, 2.05) is 66.7 Å². The van der Waals surface area contributed by atoms with E-state index in [4.69, 9.17) is 10.5 Å². The maximum absolute atomic E-state index is 9.10. The molecule has 2 heteroatoms. The van der Waals surface area contributed by atoms with Crippen molar-refractivity contribution in [2.75, 3.05) is 0 Å². The largest absolute Gasteiger partial charge is 0.192 e. The quantitative estimate of drug-likeness (QED) is 0.424. The third kappa shape index (κ3) is 3.40. The highest BCUT2D eigenvalue weighted by molar-refractivity contribution is 5.87. The summed E-state index contributed by atoms with van der Waals surface area (Å²) in [7, 11) is 0. The maximum Gasteiger partial charge on any atom is 0.0991 e. The summed E-state index contributed by atoms with van der Waals surface area (Å²) in [4.78, 5) is 0. The second-order valence-electron chi connectivity index (χ2n) is 6.50. The zero-order valence-corrected chi connectivity index (χ0v) is 15.1. The van der Waals surface area contributed by atoms with Crippen molar-refractivity contribution in [2.45, 2.75) is 0 Å². The summed E-state index contributed by atoms with van der Waals surface area (Å²) >= 11 is 0. The van der Waals surface area contributed by atoms with Crippen molar-refractivity contribution < 1.29 is 0 Å². The second-order valence-corrected chi connectivity index (χ2v) is 6.50. The molecule has 0 saturated carbocycles. The van der Waals surface area contributed by atoms with Crippen LogP contribution in [0.15, 0.2) is 97.1 Å². The van der Waals surface area contributed by atoms with Gasteiger partial charge in [-0.25, -0.2) is 0 Å². The van der Waals surface area contributed by atoms with Crippen LogP contribution >= 0.6 is 0 Å². The molecule has 0 aliphatic carbocycles. The Hall–Kier alpha value is -4.14. The fourth-order valence-electron chi connectivity index (χ4n) is 3.29. The van der Waals surface area contributed by atoms with Crippen molar-refractivity contribution in [1.29, 1.82) is 10.5 Å². The average molecular weight is 356 g/mol. The van der Waals surface area contributed by atoms with E-state index in [-0.39, 0.29) is 0 Å². The summed E-state index contributed by atoms with van der Waals surface area (Å²) in [5.74, 6) is 0. The molecule has 0 atom stereocenters. The Balaban J connectivity index is 1.89. The molecule has 4 aromatic rings. The van der Waals surface area contributed by atoms with E-state index < -0.39 is 0 Å². The van der Waals surface area contributed by atoms with Gasteiger partial charge in [-0.05, 0) is 63.7 Å². The number of rotatable bonds is 3. The Labute approximate surface area is 164 Å². The zero-order valence-electron chi connectivity index (χ0n) is 15.1. The molecule has 0 spiro atoms. The van der Waals surface area contributed by atoms with Crippen molar-refractivity contribution in [2.24, 2.45) is 0 Å². The van der Waals surface area contributed by atoms with Gasteiger partial charge in [0.1, 0.15) is 0 Å². The van der Waals surface area contributed by atoms with Crippen LogP contribution in [-0.2, 0) is 0 Å². The lowest BCUT2D eigenvalue weighted by Gasteiger charge is -2.13. The van der Waals surface area contributed by atoms with Crippen LogP contribution in [0.3, 0.4) is 0 Å². The minimum Gasteiger partial charge on any atom is -0.192 e. The van der Waals surface area contributed by atoms with Gasteiger partial charge in [-0.3, -0.25) is 0 Å². The van der Waals surface area contributed by atoms with Crippen LogP contribution < -0.4 is 0 Å². The summed E-state index contributed by atoms with van der Waals surface area (Å²) in [6.45, 7) is 0. The molecule has 0 N–H and O–H groups in total. The van der Waals surface area contributed by atoms with Gasteiger partial charge in [0.25, 0.3) is 0 Å². The van der Waals surface area contributed by atoms with Crippen LogP contribution in [-0.4, -0.2) is 0 Å². The Kier molecular flexibility index (Phi) is 4.70. The highest BCUT2D eigenvalue weighted by atomic mass is 14.2. The second kappa shape index (κ2) is 7.62. The molecular weight excluding hydrogens is 340 g/mol. The molecule has 28 heavy (non-hydrogen) atoms. The molecule has 0 radical (unpaired) electrons. The molecule has 0 amide bonds. The molecule has 0 aliphatic rings. The van der Waals surface area contributed by atoms with Gasteiger partial charge in [-0.15, -0.1) is 0 Å². The summed E-state index contributed by atoms with van der Waals surface area (Å²) in [6.07, 6.45) is 0. The van der Waals surface area contributed by atoms with Crippen molar-refractivity contribution in [1.82, 2.24) is 0 Å². The highest BCUT2D eigenvalue weighted by Gasteiger charge is 2.10. The lowest BCUT2D eigenvalue weighted by Crippen LogP contribution is -1.88. The third-order valence-corrected chi connectivity index (χ3v) is 4.78. The van der Waals surface area contributed by atoms with Gasteiger partial charge in [0.2, 0.25) is 0 Å². The van der Waals surface area contributed by atoms with Gasteiger partial charge in [0.05, 0.1) is 23.3 Å². The van der Waals surface area contributed by atoms with E-state index in [1.54, 1.807) is 0 Å². The van der Waals surface area contributed by atoms with Gasteiger partial charge < -0.3 is 0 Å². The van der Waals surface area contributed by atoms with Crippen LogP contribution in [0.25, 0.3) is 33.4 Å². The molecule has 2 nitrogen and oxygen atoms in total. The molecule has 0 saturated heterocycles. The van der Waals surface area contributed by atoms with Crippen LogP contribution in [0.4, 0.5) is 0 Å². The smallest absolute Gasteiger partial charge is 0.0991 e. The van der Waals surface area contributed by atoms with E-state index >= 15 is 0 Å². The molecule has 130 valence electrons. The summed E-state index contributed by atoms with van der Waals surface area (Å²) in [5.41, 5.74) is 7.87. The molecule has 4 rings (SSSR count). The zero-order chi connectivity index (χ0) is 19.3. The minimum atomic E-state index is 0.642. The van der Waals surface area contributed by atoms with E-state index in [0.717, 1.165) is 33.4 Å². The van der Waals surface area contributed by atoms with Gasteiger partial charge in [-0.2, -0.15) is 10.5 Å². The minimum absolute atomic E-state index is 0.642. The van der Waals surface area contributed by atoms with E-state index in [0.29, 0.717) is 11.1 Å². The highest BCUT2D eigenvalue weighted by Crippen LogP contribution is 2.36. The predicted octanol–water partition coefficient (Wildman–Crippen LogP) is 6.43. The summed E-state index contributed by atoms with van der Waals surface area (Å²) in [6, 6.07) is 36.3. The number of nitrogens with zero attached hydrogens (tertiary/aromatic N) is 2. The molecule has 0 aromatic heterocycles. The monoisotopic (exact) mass is 356 g/mol. The van der Waals surface area contributed by atoms with Crippen LogP contribution in [0.1, 0.15) is 11.1 Å². The molecule has 0 heterocycles. The first-order valence-corrected chi connectivity index (χ1v) is 8.99. The van der Waals surface area contributed by atoms with E-state index in [2.05, 4.69) is 42.5 Å². The summed E-state index contributed by atoms with van der Waals surface area (Å²) in [5, 5.41) is 18.2. The first-order chi connectivity index (χ1) is 13.8. The van der Waals surface area contributed by atoms with Crippen molar-refractivity contribution >= 4 is 0 Å². The summed E-state index contributed by atoms with van der Waals surface area (Å²) < 4.78 is 0. The number of benzene rings is 4. The maximum atomic E-state index is 9.10. The molecule has 4 aromatic carbocycles. The molecular formula is C26H16N2. The van der Waals surface area contributed by atoms with Gasteiger partial charge in [0, 0.05) is 0 Å². The standard InChI is InChI=1S/C26H16N2/c27-17-19-6-10-22(11-7-19)25-15-14-24(21-4-2-1-3-5-21)16-26(25)23-12-8-20(18-28)9-13-23/h1-16H. The average Bonchev–Trinajstić information content (AvgIpc) is 2.79. The Bertz CT molecular complexity index is 1190. The molecule has 0 bridgehead atoms. The van der Waals surface area contributed by atoms with Crippen LogP contribution in [0, 0.1) is 22.7 Å². The third-order valence-electron chi connectivity index (χ3n) is 4.78. The van der Waals surface area contributed by atoms with E-state index in [9.17, 15) is 0 Å². The van der Waals surface area contributed by atoms with Crippen molar-refractivity contribution in [3.8, 4) is 45.5 Å². The molecule has 0 unspecified atom stereocenters. The van der Waals surface area contributed by atoms with Crippen LogP contribution in [0.5, 0.6) is 0 Å². The first-order valence-electron chi connectivity index (χ1n) is 8.99. The SMILES string of the molecule is N#Cc1ccc(-c2ccc(-c3ccccc3)cc2-c2ccc(C#N)cc2)cc1. The lowest BCUT2D eigenvalue weighted by atomic mass is 9.90. The Morgan fingerprint density at radius 1 is 0.429 bits per heavy atom. The topological polar surface area (TPSA) is 47.6 Å². The Morgan fingerprint density at radius 2 is 0.929 bits per heavy atom. The van der Waals surface area contributed by atoms with Crippen LogP contribution in [0.2, 0.25) is 0 Å². The van der Waals surface area contributed by atoms with Gasteiger partial charge in [-0.1, -0.05) is 66.7 Å². The lowest BCUT2D eigenvalue weighted by molar-refractivity contribution is 1.47. The van der Waals surface area contributed by atoms with Gasteiger partial charge >= 0.3 is 0 Å². The van der Waals surface area contributed by atoms with Crippen molar-refractivity contribution in [3.63, 3.8) is 0 Å². The number of hydrogen-bond acceptors (Lipinski definition) is 2. The fourth-order valence-corrected chi connectivity index (χ4v) is 3.29. The first kappa shape index (κ1) is 17.3. The van der Waals surface area contributed by atoms with Crippen molar-refractivity contribution in [3.05, 3.63) is 108 Å². The number of hydrogen-bond donors (Lipinski definition) is 0. The van der Waals surface area contributed by atoms with E-state index in [1.165, 1.54) is 0 Å². The molecule has 0 aliphatic heterocycles.